The van der Waals surface area contributed by atoms with E-state index in [1.54, 1.807) is 17.0 Å². The zero-order valence-corrected chi connectivity index (χ0v) is 12.9. The van der Waals surface area contributed by atoms with Crippen LogP contribution in [0.2, 0.25) is 0 Å². The molecule has 2 aliphatic rings. The lowest BCUT2D eigenvalue weighted by atomic mass is 10.1. The zero-order valence-electron chi connectivity index (χ0n) is 12.9. The van der Waals surface area contributed by atoms with Crippen LogP contribution < -0.4 is 5.56 Å². The molecule has 1 fully saturated rings. The predicted octanol–water partition coefficient (Wildman–Crippen LogP) is 2.11. The molecule has 1 amide bonds. The summed E-state index contributed by atoms with van der Waals surface area (Å²) in [7, 11) is 0. The van der Waals surface area contributed by atoms with Crippen LogP contribution in [-0.4, -0.2) is 32.4 Å². The maximum Gasteiger partial charge on any atom is 0.261 e. The summed E-state index contributed by atoms with van der Waals surface area (Å²) in [5, 5.41) is 0.600. The number of aromatic nitrogens is 2. The van der Waals surface area contributed by atoms with Crippen LogP contribution in [0.15, 0.2) is 47.5 Å². The van der Waals surface area contributed by atoms with Crippen molar-refractivity contribution < 1.29 is 4.79 Å². The van der Waals surface area contributed by atoms with Crippen molar-refractivity contribution in [2.75, 3.05) is 0 Å². The second-order valence-corrected chi connectivity index (χ2v) is 6.27. The summed E-state index contributed by atoms with van der Waals surface area (Å²) in [6, 6.07) is 7.90. The van der Waals surface area contributed by atoms with Gasteiger partial charge in [-0.3, -0.25) is 14.2 Å². The van der Waals surface area contributed by atoms with Crippen molar-refractivity contribution in [3.63, 3.8) is 0 Å². The van der Waals surface area contributed by atoms with E-state index in [9.17, 15) is 9.59 Å². The Bertz CT molecular complexity index is 840. The fourth-order valence-electron chi connectivity index (χ4n) is 3.72. The molecule has 1 aromatic carbocycles. The van der Waals surface area contributed by atoms with Crippen molar-refractivity contribution >= 4 is 16.8 Å². The van der Waals surface area contributed by atoms with E-state index in [-0.39, 0.29) is 17.5 Å². The number of benzene rings is 1. The average Bonchev–Trinajstić information content (AvgIpc) is 2.83. The van der Waals surface area contributed by atoms with E-state index in [1.165, 1.54) is 0 Å². The number of carbonyl (C=O) groups excluding carboxylic acids is 1. The van der Waals surface area contributed by atoms with Crippen LogP contribution in [0.4, 0.5) is 0 Å². The van der Waals surface area contributed by atoms with Crippen LogP contribution in [0.5, 0.6) is 0 Å². The summed E-state index contributed by atoms with van der Waals surface area (Å²) in [4.78, 5) is 31.3. The van der Waals surface area contributed by atoms with Gasteiger partial charge in [-0.1, -0.05) is 24.3 Å². The van der Waals surface area contributed by atoms with E-state index in [2.05, 4.69) is 17.1 Å². The summed E-state index contributed by atoms with van der Waals surface area (Å²) in [6.07, 6.45) is 9.32. The highest BCUT2D eigenvalue weighted by Gasteiger charge is 2.36. The second-order valence-electron chi connectivity index (χ2n) is 6.27. The van der Waals surface area contributed by atoms with Gasteiger partial charge in [0.15, 0.2) is 0 Å². The molecule has 2 aliphatic heterocycles. The summed E-state index contributed by atoms with van der Waals surface area (Å²) in [5.41, 5.74) is 0.615. The van der Waals surface area contributed by atoms with Crippen molar-refractivity contribution in [1.82, 2.24) is 14.5 Å². The number of aryl methyl sites for hydroxylation is 1. The van der Waals surface area contributed by atoms with E-state index in [4.69, 9.17) is 0 Å². The van der Waals surface area contributed by atoms with Gasteiger partial charge in [-0.15, -0.1) is 0 Å². The third-order valence-corrected chi connectivity index (χ3v) is 4.90. The van der Waals surface area contributed by atoms with Crippen LogP contribution in [0, 0.1) is 0 Å². The molecule has 0 unspecified atom stereocenters. The van der Waals surface area contributed by atoms with Crippen molar-refractivity contribution in [3.8, 4) is 0 Å². The molecular weight excluding hydrogens is 290 g/mol. The minimum Gasteiger partial charge on any atom is -0.333 e. The van der Waals surface area contributed by atoms with Crippen molar-refractivity contribution in [2.24, 2.45) is 0 Å². The summed E-state index contributed by atoms with van der Waals surface area (Å²) < 4.78 is 1.54. The molecular formula is C18H19N3O2. The number of carbonyl (C=O) groups is 1. The summed E-state index contributed by atoms with van der Waals surface area (Å²) >= 11 is 0. The third kappa shape index (κ3) is 2.46. The highest BCUT2D eigenvalue weighted by Crippen LogP contribution is 2.31. The Hall–Kier alpha value is -2.43. The molecule has 1 aromatic heterocycles. The van der Waals surface area contributed by atoms with Gasteiger partial charge in [0.2, 0.25) is 5.91 Å². The smallest absolute Gasteiger partial charge is 0.261 e. The van der Waals surface area contributed by atoms with E-state index < -0.39 is 0 Å². The largest absolute Gasteiger partial charge is 0.333 e. The Morgan fingerprint density at radius 1 is 1.26 bits per heavy atom. The van der Waals surface area contributed by atoms with Gasteiger partial charge in [0.25, 0.3) is 5.56 Å². The molecule has 0 spiro atoms. The normalized spacial score (nSPS) is 22.7. The molecule has 2 bridgehead atoms. The first kappa shape index (κ1) is 14.2. The van der Waals surface area contributed by atoms with Crippen molar-refractivity contribution in [1.29, 1.82) is 0 Å². The Labute approximate surface area is 134 Å². The van der Waals surface area contributed by atoms with Crippen LogP contribution in [0.3, 0.4) is 0 Å². The number of hydrogen-bond acceptors (Lipinski definition) is 3. The van der Waals surface area contributed by atoms with Crippen LogP contribution in [-0.2, 0) is 11.3 Å². The van der Waals surface area contributed by atoms with Crippen LogP contribution in [0.25, 0.3) is 10.9 Å². The first-order chi connectivity index (χ1) is 11.2. The summed E-state index contributed by atoms with van der Waals surface area (Å²) in [6.45, 7) is 0.384. The van der Waals surface area contributed by atoms with Crippen LogP contribution in [0.1, 0.15) is 25.7 Å². The van der Waals surface area contributed by atoms with Gasteiger partial charge < -0.3 is 4.90 Å². The summed E-state index contributed by atoms with van der Waals surface area (Å²) in [5.74, 6) is 0.141. The standard InChI is InChI=1S/C18H19N3O2/c22-17(21-13-4-3-5-14(21)9-8-13)10-11-20-12-19-16-7-2-1-6-15(16)18(20)23/h1-4,6-7,12-14H,5,8-11H2/t13-,14-/m0/s1. The Morgan fingerprint density at radius 3 is 3.00 bits per heavy atom. The van der Waals surface area contributed by atoms with E-state index >= 15 is 0 Å². The van der Waals surface area contributed by atoms with Gasteiger partial charge in [-0.25, -0.2) is 4.98 Å². The maximum atomic E-state index is 12.6. The highest BCUT2D eigenvalue weighted by molar-refractivity contribution is 5.78. The molecule has 2 aromatic rings. The molecule has 0 N–H and O–H groups in total. The molecule has 3 heterocycles. The van der Waals surface area contributed by atoms with Gasteiger partial charge in [0.1, 0.15) is 0 Å². The van der Waals surface area contributed by atoms with Gasteiger partial charge in [0, 0.05) is 19.0 Å². The molecule has 0 aliphatic carbocycles. The monoisotopic (exact) mass is 309 g/mol. The maximum absolute atomic E-state index is 12.6. The number of amides is 1. The Morgan fingerprint density at radius 2 is 2.13 bits per heavy atom. The molecule has 23 heavy (non-hydrogen) atoms. The lowest BCUT2D eigenvalue weighted by Gasteiger charge is -2.31. The molecule has 0 saturated carbocycles. The zero-order chi connectivity index (χ0) is 15.8. The number of rotatable bonds is 3. The van der Waals surface area contributed by atoms with Crippen LogP contribution >= 0.6 is 0 Å². The van der Waals surface area contributed by atoms with E-state index in [0.717, 1.165) is 19.3 Å². The van der Waals surface area contributed by atoms with Crippen molar-refractivity contribution in [2.45, 2.75) is 44.3 Å². The van der Waals surface area contributed by atoms with Gasteiger partial charge in [0.05, 0.1) is 23.3 Å². The number of para-hydroxylation sites is 1. The molecule has 2 atom stereocenters. The highest BCUT2D eigenvalue weighted by atomic mass is 16.2. The third-order valence-electron chi connectivity index (χ3n) is 4.90. The average molecular weight is 309 g/mol. The first-order valence-electron chi connectivity index (χ1n) is 8.16. The quantitative estimate of drug-likeness (QED) is 0.816. The van der Waals surface area contributed by atoms with Crippen molar-refractivity contribution in [3.05, 3.63) is 53.1 Å². The lowest BCUT2D eigenvalue weighted by Crippen LogP contribution is -2.42. The molecule has 1 saturated heterocycles. The molecule has 5 nitrogen and oxygen atoms in total. The molecule has 5 heteroatoms. The number of hydrogen-bond donors (Lipinski definition) is 0. The lowest BCUT2D eigenvalue weighted by molar-refractivity contribution is -0.133. The minimum absolute atomic E-state index is 0.0788. The minimum atomic E-state index is -0.0788. The Kier molecular flexibility index (Phi) is 3.48. The molecule has 0 radical (unpaired) electrons. The first-order valence-corrected chi connectivity index (χ1v) is 8.16. The van der Waals surface area contributed by atoms with E-state index in [0.29, 0.717) is 29.9 Å². The van der Waals surface area contributed by atoms with Gasteiger partial charge >= 0.3 is 0 Å². The van der Waals surface area contributed by atoms with Gasteiger partial charge in [-0.05, 0) is 31.4 Å². The fourth-order valence-corrected chi connectivity index (χ4v) is 3.72. The fraction of sp³-hybridized carbons (Fsp3) is 0.389. The second kappa shape index (κ2) is 5.65. The Balaban J connectivity index is 1.51. The molecule has 118 valence electrons. The molecule has 4 rings (SSSR count). The SMILES string of the molecule is O=C(CCn1cnc2ccccc2c1=O)N1[C@H]2CC=C[C@H]1CC2. The topological polar surface area (TPSA) is 55.2 Å². The number of fused-ring (bicyclic) bond motifs is 3. The predicted molar refractivity (Wildman–Crippen MR) is 88.0 cm³/mol. The number of nitrogens with zero attached hydrogens (tertiary/aromatic N) is 3. The van der Waals surface area contributed by atoms with Gasteiger partial charge in [-0.2, -0.15) is 0 Å². The van der Waals surface area contributed by atoms with E-state index in [1.807, 2.05) is 23.1 Å².